The van der Waals surface area contributed by atoms with Gasteiger partial charge in [0, 0.05) is 24.0 Å². The minimum absolute atomic E-state index is 0. The predicted octanol–water partition coefficient (Wildman–Crippen LogP) is 2.08. The van der Waals surface area contributed by atoms with E-state index in [0.717, 1.165) is 16.5 Å². The summed E-state index contributed by atoms with van der Waals surface area (Å²) in [6.45, 7) is 4.57. The molecule has 0 saturated carbocycles. The van der Waals surface area contributed by atoms with E-state index in [1.165, 1.54) is 0 Å². The lowest BCUT2D eigenvalue weighted by Crippen LogP contribution is -2.49. The summed E-state index contributed by atoms with van der Waals surface area (Å²) in [6, 6.07) is 7.28. The third kappa shape index (κ3) is 6.34. The fraction of sp³-hybridized carbons (Fsp3) is 0.467. The van der Waals surface area contributed by atoms with Gasteiger partial charge in [0.25, 0.3) is 0 Å². The number of hydrogen-bond acceptors (Lipinski definition) is 3. The summed E-state index contributed by atoms with van der Waals surface area (Å²) in [6.07, 6.45) is 1.14. The van der Waals surface area contributed by atoms with Crippen LogP contribution >= 0.6 is 28.3 Å². The van der Waals surface area contributed by atoms with Crippen molar-refractivity contribution >= 4 is 40.2 Å². The van der Waals surface area contributed by atoms with E-state index < -0.39 is 5.54 Å². The average molecular weight is 393 g/mol. The number of rotatable bonds is 7. The Kier molecular flexibility index (Phi) is 9.32. The van der Waals surface area contributed by atoms with Crippen molar-refractivity contribution in [2.75, 3.05) is 13.1 Å². The van der Waals surface area contributed by atoms with E-state index in [1.807, 2.05) is 19.1 Å². The lowest BCUT2D eigenvalue weighted by molar-refractivity contribution is -0.126. The quantitative estimate of drug-likeness (QED) is 0.664. The first-order valence-electron chi connectivity index (χ1n) is 6.98. The van der Waals surface area contributed by atoms with Crippen molar-refractivity contribution in [3.05, 3.63) is 34.3 Å². The molecule has 1 rings (SSSR count). The van der Waals surface area contributed by atoms with Gasteiger partial charge in [0.1, 0.15) is 5.54 Å². The van der Waals surface area contributed by atoms with Gasteiger partial charge in [0.05, 0.1) is 0 Å². The van der Waals surface area contributed by atoms with Crippen molar-refractivity contribution in [3.63, 3.8) is 0 Å². The van der Waals surface area contributed by atoms with Crippen molar-refractivity contribution < 1.29 is 9.59 Å². The minimum Gasteiger partial charge on any atom is -0.356 e. The summed E-state index contributed by atoms with van der Waals surface area (Å²) in [5.41, 5.74) is 5.70. The third-order valence-electron chi connectivity index (χ3n) is 3.13. The molecular weight excluding hydrogens is 370 g/mol. The molecule has 124 valence electrons. The summed E-state index contributed by atoms with van der Waals surface area (Å²) in [5, 5.41) is 5.46. The van der Waals surface area contributed by atoms with Gasteiger partial charge in [-0.2, -0.15) is 0 Å². The Labute approximate surface area is 145 Å². The monoisotopic (exact) mass is 391 g/mol. The lowest BCUT2D eigenvalue weighted by atomic mass is 9.92. The Hall–Kier alpha value is -1.11. The van der Waals surface area contributed by atoms with E-state index in [2.05, 4.69) is 26.6 Å². The van der Waals surface area contributed by atoms with Crippen LogP contribution in [0.4, 0.5) is 0 Å². The van der Waals surface area contributed by atoms with Gasteiger partial charge in [-0.25, -0.2) is 0 Å². The van der Waals surface area contributed by atoms with E-state index in [-0.39, 0.29) is 37.2 Å². The second-order valence-corrected chi connectivity index (χ2v) is 5.98. The van der Waals surface area contributed by atoms with Gasteiger partial charge in [0.2, 0.25) is 11.8 Å². The molecule has 5 nitrogen and oxygen atoms in total. The van der Waals surface area contributed by atoms with Crippen LogP contribution in [0.15, 0.2) is 28.7 Å². The highest BCUT2D eigenvalue weighted by Crippen LogP contribution is 2.20. The molecule has 4 N–H and O–H groups in total. The Morgan fingerprint density at radius 3 is 2.32 bits per heavy atom. The van der Waals surface area contributed by atoms with Gasteiger partial charge in [-0.3, -0.25) is 9.59 Å². The molecule has 0 saturated heterocycles. The van der Waals surface area contributed by atoms with Crippen LogP contribution in [-0.2, 0) is 15.1 Å². The fourth-order valence-electron chi connectivity index (χ4n) is 1.75. The number of carbonyl (C=O) groups is 2. The van der Waals surface area contributed by atoms with Crippen LogP contribution < -0.4 is 16.4 Å². The van der Waals surface area contributed by atoms with Crippen LogP contribution in [0.3, 0.4) is 0 Å². The molecule has 1 aromatic rings. The first-order chi connectivity index (χ1) is 9.87. The highest BCUT2D eigenvalue weighted by atomic mass is 79.9. The highest BCUT2D eigenvalue weighted by molar-refractivity contribution is 9.10. The van der Waals surface area contributed by atoms with Crippen molar-refractivity contribution in [1.82, 2.24) is 10.6 Å². The Morgan fingerprint density at radius 1 is 1.18 bits per heavy atom. The zero-order chi connectivity index (χ0) is 15.9. The molecule has 2 amide bonds. The number of amides is 2. The highest BCUT2D eigenvalue weighted by Gasteiger charge is 2.30. The molecule has 22 heavy (non-hydrogen) atoms. The molecule has 1 aromatic carbocycles. The smallest absolute Gasteiger partial charge is 0.244 e. The van der Waals surface area contributed by atoms with Gasteiger partial charge in [0.15, 0.2) is 0 Å². The Bertz CT molecular complexity index is 492. The van der Waals surface area contributed by atoms with E-state index in [4.69, 9.17) is 5.73 Å². The average Bonchev–Trinajstić information content (AvgIpc) is 2.45. The molecule has 0 aliphatic carbocycles. The summed E-state index contributed by atoms with van der Waals surface area (Å²) < 4.78 is 0.926. The molecule has 0 fully saturated rings. The van der Waals surface area contributed by atoms with Crippen LogP contribution in [0.25, 0.3) is 0 Å². The number of halogens is 2. The number of nitrogens with two attached hydrogens (primary N) is 1. The topological polar surface area (TPSA) is 84.2 Å². The van der Waals surface area contributed by atoms with Crippen molar-refractivity contribution in [1.29, 1.82) is 0 Å². The molecule has 0 aliphatic heterocycles. The fourth-order valence-corrected chi connectivity index (χ4v) is 2.02. The molecule has 0 bridgehead atoms. The SMILES string of the molecule is CCCNC(=O)CCNC(=O)C(C)(N)c1ccc(Br)cc1.Cl. The minimum atomic E-state index is -1.12. The van der Waals surface area contributed by atoms with Crippen LogP contribution in [0.2, 0.25) is 0 Å². The predicted molar refractivity (Wildman–Crippen MR) is 93.9 cm³/mol. The molecule has 0 aliphatic rings. The summed E-state index contributed by atoms with van der Waals surface area (Å²) in [5.74, 6) is -0.368. The second kappa shape index (κ2) is 9.82. The van der Waals surface area contributed by atoms with Crippen LogP contribution in [0.1, 0.15) is 32.3 Å². The van der Waals surface area contributed by atoms with Crippen LogP contribution in [0.5, 0.6) is 0 Å². The van der Waals surface area contributed by atoms with E-state index >= 15 is 0 Å². The molecule has 1 unspecified atom stereocenters. The van der Waals surface area contributed by atoms with Gasteiger partial charge < -0.3 is 16.4 Å². The van der Waals surface area contributed by atoms with E-state index in [9.17, 15) is 9.59 Å². The van der Waals surface area contributed by atoms with Crippen LogP contribution in [0, 0.1) is 0 Å². The van der Waals surface area contributed by atoms with Gasteiger partial charge in [-0.1, -0.05) is 35.0 Å². The van der Waals surface area contributed by atoms with Gasteiger partial charge >= 0.3 is 0 Å². The van der Waals surface area contributed by atoms with Crippen molar-refractivity contribution in [2.24, 2.45) is 5.73 Å². The maximum absolute atomic E-state index is 12.2. The van der Waals surface area contributed by atoms with E-state index in [1.54, 1.807) is 19.1 Å². The first kappa shape index (κ1) is 20.9. The number of carbonyl (C=O) groups excluding carboxylic acids is 2. The molecule has 7 heteroatoms. The maximum atomic E-state index is 12.2. The zero-order valence-electron chi connectivity index (χ0n) is 12.8. The van der Waals surface area contributed by atoms with Gasteiger partial charge in [-0.15, -0.1) is 12.4 Å². The summed E-state index contributed by atoms with van der Waals surface area (Å²) in [4.78, 5) is 23.6. The van der Waals surface area contributed by atoms with E-state index in [0.29, 0.717) is 6.54 Å². The van der Waals surface area contributed by atoms with Crippen LogP contribution in [-0.4, -0.2) is 24.9 Å². The molecule has 0 heterocycles. The van der Waals surface area contributed by atoms with Gasteiger partial charge in [-0.05, 0) is 31.0 Å². The summed E-state index contributed by atoms with van der Waals surface area (Å²) >= 11 is 3.34. The number of hydrogen-bond donors (Lipinski definition) is 3. The second-order valence-electron chi connectivity index (χ2n) is 5.07. The zero-order valence-corrected chi connectivity index (χ0v) is 15.2. The molecule has 1 atom stereocenters. The third-order valence-corrected chi connectivity index (χ3v) is 3.65. The molecular formula is C15H23BrClN3O2. The Balaban J connectivity index is 0.00000441. The van der Waals surface area contributed by atoms with Crippen molar-refractivity contribution in [2.45, 2.75) is 32.2 Å². The normalized spacial score (nSPS) is 12.7. The number of nitrogens with one attached hydrogen (secondary N) is 2. The first-order valence-corrected chi connectivity index (χ1v) is 7.77. The lowest BCUT2D eigenvalue weighted by Gasteiger charge is -2.24. The maximum Gasteiger partial charge on any atom is 0.244 e. The molecule has 0 aromatic heterocycles. The van der Waals surface area contributed by atoms with Crippen molar-refractivity contribution in [3.8, 4) is 0 Å². The number of benzene rings is 1. The Morgan fingerprint density at radius 2 is 1.77 bits per heavy atom. The largest absolute Gasteiger partial charge is 0.356 e. The molecule has 0 radical (unpaired) electrons. The summed E-state index contributed by atoms with van der Waals surface area (Å²) in [7, 11) is 0. The standard InChI is InChI=1S/C15H22BrN3O2.ClH/c1-3-9-18-13(20)8-10-19-14(21)15(2,17)11-4-6-12(16)7-5-11;/h4-7H,3,8-10,17H2,1-2H3,(H,18,20)(H,19,21);1H. The molecule has 0 spiro atoms.